The zero-order valence-electron chi connectivity index (χ0n) is 12.6. The summed E-state index contributed by atoms with van der Waals surface area (Å²) in [6, 6.07) is 9.60. The number of ether oxygens (including phenoxy) is 1. The van der Waals surface area contributed by atoms with Gasteiger partial charge in [-0.25, -0.2) is 0 Å². The van der Waals surface area contributed by atoms with Crippen LogP contribution in [0.4, 0.5) is 0 Å². The third-order valence-electron chi connectivity index (χ3n) is 4.96. The lowest BCUT2D eigenvalue weighted by Crippen LogP contribution is -2.53. The third-order valence-corrected chi connectivity index (χ3v) is 4.96. The van der Waals surface area contributed by atoms with Gasteiger partial charge in [0.2, 0.25) is 0 Å². The van der Waals surface area contributed by atoms with Crippen molar-refractivity contribution in [1.82, 2.24) is 4.90 Å². The molecule has 3 heteroatoms. The Hall–Kier alpha value is -1.06. The van der Waals surface area contributed by atoms with Crippen molar-refractivity contribution in [3.8, 4) is 5.75 Å². The molecule has 110 valence electrons. The predicted molar refractivity (Wildman–Crippen MR) is 82.1 cm³/mol. The first-order valence-corrected chi connectivity index (χ1v) is 7.79. The molecule has 3 nitrogen and oxygen atoms in total. The van der Waals surface area contributed by atoms with Crippen LogP contribution >= 0.6 is 0 Å². The highest BCUT2D eigenvalue weighted by atomic mass is 16.5. The van der Waals surface area contributed by atoms with Crippen LogP contribution in [0.15, 0.2) is 24.3 Å². The Morgan fingerprint density at radius 1 is 1.10 bits per heavy atom. The summed E-state index contributed by atoms with van der Waals surface area (Å²) in [4.78, 5) is 2.63. The summed E-state index contributed by atoms with van der Waals surface area (Å²) in [5, 5.41) is 0. The number of rotatable bonds is 3. The molecule has 3 rings (SSSR count). The highest BCUT2D eigenvalue weighted by Crippen LogP contribution is 2.36. The van der Waals surface area contributed by atoms with E-state index >= 15 is 0 Å². The van der Waals surface area contributed by atoms with Gasteiger partial charge in [0.05, 0.1) is 7.11 Å². The molecule has 1 aromatic carbocycles. The first kappa shape index (κ1) is 13.9. The van der Waals surface area contributed by atoms with Crippen LogP contribution in [0, 0.1) is 5.92 Å². The minimum atomic E-state index is 0.312. The molecule has 0 bridgehead atoms. The third kappa shape index (κ3) is 2.84. The first-order valence-electron chi connectivity index (χ1n) is 7.79. The Morgan fingerprint density at radius 2 is 1.80 bits per heavy atom. The fourth-order valence-corrected chi connectivity index (χ4v) is 3.75. The summed E-state index contributed by atoms with van der Waals surface area (Å²) < 4.78 is 5.24. The second-order valence-electron chi connectivity index (χ2n) is 6.65. The van der Waals surface area contributed by atoms with Gasteiger partial charge in [0, 0.05) is 25.2 Å². The van der Waals surface area contributed by atoms with Gasteiger partial charge in [-0.2, -0.15) is 0 Å². The van der Waals surface area contributed by atoms with E-state index in [0.717, 1.165) is 37.2 Å². The zero-order valence-corrected chi connectivity index (χ0v) is 12.6. The normalized spacial score (nSPS) is 34.5. The molecule has 1 saturated heterocycles. The number of nitrogens with zero attached hydrogens (tertiary/aromatic N) is 1. The van der Waals surface area contributed by atoms with E-state index < -0.39 is 0 Å². The van der Waals surface area contributed by atoms with E-state index in [4.69, 9.17) is 10.5 Å². The van der Waals surface area contributed by atoms with Crippen LogP contribution in [-0.2, 0) is 0 Å². The van der Waals surface area contributed by atoms with Crippen molar-refractivity contribution in [3.05, 3.63) is 29.8 Å². The highest BCUT2D eigenvalue weighted by Gasteiger charge is 2.35. The highest BCUT2D eigenvalue weighted by molar-refractivity contribution is 5.30. The molecule has 2 N–H and O–H groups in total. The van der Waals surface area contributed by atoms with Crippen molar-refractivity contribution in [1.29, 1.82) is 0 Å². The molecule has 1 heterocycles. The monoisotopic (exact) mass is 274 g/mol. The molecule has 0 aromatic heterocycles. The summed E-state index contributed by atoms with van der Waals surface area (Å²) in [6.07, 6.45) is 3.80. The molecule has 2 atom stereocenters. The number of benzene rings is 1. The van der Waals surface area contributed by atoms with Gasteiger partial charge in [0.1, 0.15) is 5.75 Å². The minimum absolute atomic E-state index is 0.312. The van der Waals surface area contributed by atoms with E-state index in [1.165, 1.54) is 18.4 Å². The molecule has 2 unspecified atom stereocenters. The van der Waals surface area contributed by atoms with E-state index in [1.807, 2.05) is 0 Å². The largest absolute Gasteiger partial charge is 0.497 e. The lowest BCUT2D eigenvalue weighted by Gasteiger charge is -2.47. The van der Waals surface area contributed by atoms with Crippen molar-refractivity contribution >= 4 is 0 Å². The molecule has 1 aliphatic carbocycles. The van der Waals surface area contributed by atoms with Gasteiger partial charge in [-0.05, 0) is 48.8 Å². The zero-order chi connectivity index (χ0) is 14.1. The van der Waals surface area contributed by atoms with Crippen LogP contribution in [0.25, 0.3) is 0 Å². The summed E-state index contributed by atoms with van der Waals surface area (Å²) >= 11 is 0. The van der Waals surface area contributed by atoms with E-state index in [2.05, 4.69) is 36.1 Å². The molecule has 2 fully saturated rings. The quantitative estimate of drug-likeness (QED) is 0.921. The average Bonchev–Trinajstić information content (AvgIpc) is 2.43. The van der Waals surface area contributed by atoms with Crippen molar-refractivity contribution < 1.29 is 4.74 Å². The predicted octanol–water partition coefficient (Wildman–Crippen LogP) is 2.61. The van der Waals surface area contributed by atoms with Crippen molar-refractivity contribution in [2.45, 2.75) is 44.2 Å². The van der Waals surface area contributed by atoms with Gasteiger partial charge in [0.25, 0.3) is 0 Å². The minimum Gasteiger partial charge on any atom is -0.497 e. The van der Waals surface area contributed by atoms with Gasteiger partial charge in [0.15, 0.2) is 0 Å². The second-order valence-corrected chi connectivity index (χ2v) is 6.65. The fourth-order valence-electron chi connectivity index (χ4n) is 3.75. The molecular weight excluding hydrogens is 248 g/mol. The second kappa shape index (κ2) is 5.74. The standard InChI is InChI=1S/C17H26N2O/c1-12-7-16(8-12)19-10-14(9-15(18)11-19)13-3-5-17(20-2)6-4-13/h3-6,12,14-16H,7-11,18H2,1-2H3. The molecule has 2 aliphatic rings. The Morgan fingerprint density at radius 3 is 2.40 bits per heavy atom. The van der Waals surface area contributed by atoms with Gasteiger partial charge in [-0.3, -0.25) is 4.90 Å². The molecule has 0 amide bonds. The van der Waals surface area contributed by atoms with Crippen LogP contribution < -0.4 is 10.5 Å². The van der Waals surface area contributed by atoms with Crippen LogP contribution in [0.3, 0.4) is 0 Å². The first-order chi connectivity index (χ1) is 9.65. The maximum absolute atomic E-state index is 6.29. The van der Waals surface area contributed by atoms with E-state index in [1.54, 1.807) is 7.11 Å². The van der Waals surface area contributed by atoms with Crippen LogP contribution in [0.2, 0.25) is 0 Å². The maximum atomic E-state index is 6.29. The summed E-state index contributed by atoms with van der Waals surface area (Å²) in [5.41, 5.74) is 7.70. The lowest BCUT2D eigenvalue weighted by molar-refractivity contribution is 0.0542. The number of likely N-dealkylation sites (tertiary alicyclic amines) is 1. The molecule has 1 aliphatic heterocycles. The molecule has 1 saturated carbocycles. The van der Waals surface area contributed by atoms with Gasteiger partial charge >= 0.3 is 0 Å². The topological polar surface area (TPSA) is 38.5 Å². The Balaban J connectivity index is 1.68. The Kier molecular flexibility index (Phi) is 3.99. The molecule has 0 spiro atoms. The van der Waals surface area contributed by atoms with Gasteiger partial charge in [-0.1, -0.05) is 19.1 Å². The Labute approximate surface area is 122 Å². The maximum Gasteiger partial charge on any atom is 0.118 e. The number of nitrogens with two attached hydrogens (primary N) is 1. The lowest BCUT2D eigenvalue weighted by atomic mass is 9.78. The summed E-state index contributed by atoms with van der Waals surface area (Å²) in [5.74, 6) is 2.40. The van der Waals surface area contributed by atoms with E-state index in [9.17, 15) is 0 Å². The van der Waals surface area contributed by atoms with E-state index in [-0.39, 0.29) is 0 Å². The Bertz CT molecular complexity index is 439. The SMILES string of the molecule is COc1ccc(C2CC(N)CN(C3CC(C)C3)C2)cc1. The van der Waals surface area contributed by atoms with Crippen molar-refractivity contribution in [2.75, 3.05) is 20.2 Å². The molecule has 0 radical (unpaired) electrons. The van der Waals surface area contributed by atoms with Crippen molar-refractivity contribution in [2.24, 2.45) is 11.7 Å². The number of methoxy groups -OCH3 is 1. The molecule has 1 aromatic rings. The van der Waals surface area contributed by atoms with Crippen LogP contribution in [0.1, 0.15) is 37.7 Å². The fraction of sp³-hybridized carbons (Fsp3) is 0.647. The average molecular weight is 274 g/mol. The molecular formula is C17H26N2O. The smallest absolute Gasteiger partial charge is 0.118 e. The van der Waals surface area contributed by atoms with Gasteiger partial charge in [-0.15, -0.1) is 0 Å². The van der Waals surface area contributed by atoms with Crippen LogP contribution in [-0.4, -0.2) is 37.2 Å². The van der Waals surface area contributed by atoms with Gasteiger partial charge < -0.3 is 10.5 Å². The molecule has 20 heavy (non-hydrogen) atoms. The summed E-state index contributed by atoms with van der Waals surface area (Å²) in [6.45, 7) is 4.59. The number of hydrogen-bond donors (Lipinski definition) is 1. The van der Waals surface area contributed by atoms with Crippen LogP contribution in [0.5, 0.6) is 5.75 Å². The number of hydrogen-bond acceptors (Lipinski definition) is 3. The summed E-state index contributed by atoms with van der Waals surface area (Å²) in [7, 11) is 1.71. The number of piperidine rings is 1. The van der Waals surface area contributed by atoms with Crippen molar-refractivity contribution in [3.63, 3.8) is 0 Å². The van der Waals surface area contributed by atoms with E-state index in [0.29, 0.717) is 12.0 Å².